The Kier molecular flexibility index (Phi) is 19.9. The number of carbonyl (C=O) groups is 1. The Morgan fingerprint density at radius 1 is 0.792 bits per heavy atom. The fourth-order valence-electron chi connectivity index (χ4n) is 0.773. The van der Waals surface area contributed by atoms with E-state index in [2.05, 4.69) is 4.74 Å². The summed E-state index contributed by atoms with van der Waals surface area (Å²) in [5.74, 6) is -0.343. The molecule has 0 aliphatic heterocycles. The minimum absolute atomic E-state index is 0.0266. The van der Waals surface area contributed by atoms with Crippen LogP contribution >= 0.6 is 0 Å². The van der Waals surface area contributed by atoms with Crippen LogP contribution in [-0.2, 0) is 14.3 Å². The molecule has 0 radical (unpaired) electrons. The zero-order valence-electron chi connectivity index (χ0n) is 15.6. The maximum absolute atomic E-state index is 11.4. The lowest BCUT2D eigenvalue weighted by Gasteiger charge is -2.23. The first-order chi connectivity index (χ1) is 11.0. The van der Waals surface area contributed by atoms with E-state index in [1.807, 2.05) is 20.8 Å². The summed E-state index contributed by atoms with van der Waals surface area (Å²) in [5.41, 5.74) is -0.813. The predicted molar refractivity (Wildman–Crippen MR) is 90.4 cm³/mol. The molecule has 0 unspecified atom stereocenters. The van der Waals surface area contributed by atoms with Crippen LogP contribution in [0, 0.1) is 10.8 Å². The third-order valence-corrected chi connectivity index (χ3v) is 2.16. The SMILES string of the molecule is CC(C)(C)COC(=O)C(C)(C)CO.OCCO.OCCOCCO. The summed E-state index contributed by atoms with van der Waals surface area (Å²) in [6.07, 6.45) is 0. The Balaban J connectivity index is -0.000000335. The molecule has 0 atom stereocenters. The molecule has 0 spiro atoms. The van der Waals surface area contributed by atoms with Crippen molar-refractivity contribution >= 4 is 5.97 Å². The number of esters is 1. The number of carbonyl (C=O) groups excluding carboxylic acids is 1. The van der Waals surface area contributed by atoms with Gasteiger partial charge in [-0.15, -0.1) is 0 Å². The number of hydrogen-bond donors (Lipinski definition) is 5. The quantitative estimate of drug-likeness (QED) is 0.291. The van der Waals surface area contributed by atoms with Gasteiger partial charge in [-0.05, 0) is 19.3 Å². The zero-order valence-corrected chi connectivity index (χ0v) is 15.6. The number of aliphatic hydroxyl groups is 5. The van der Waals surface area contributed by atoms with E-state index in [0.717, 1.165) is 0 Å². The molecule has 8 nitrogen and oxygen atoms in total. The highest BCUT2D eigenvalue weighted by molar-refractivity contribution is 5.76. The van der Waals surface area contributed by atoms with Gasteiger partial charge in [0.05, 0.1) is 58.3 Å². The molecule has 8 heteroatoms. The fourth-order valence-corrected chi connectivity index (χ4v) is 0.773. The molecule has 0 saturated carbocycles. The molecule has 0 fully saturated rings. The first kappa shape index (κ1) is 28.1. The molecule has 0 aliphatic rings. The minimum atomic E-state index is -0.786. The number of hydrogen-bond acceptors (Lipinski definition) is 8. The van der Waals surface area contributed by atoms with Crippen LogP contribution < -0.4 is 0 Å². The second-order valence-corrected chi connectivity index (χ2v) is 6.69. The van der Waals surface area contributed by atoms with Crippen LogP contribution in [0.3, 0.4) is 0 Å². The van der Waals surface area contributed by atoms with Crippen LogP contribution in [-0.4, -0.2) is 84.4 Å². The van der Waals surface area contributed by atoms with Gasteiger partial charge in [-0.25, -0.2) is 0 Å². The van der Waals surface area contributed by atoms with E-state index in [9.17, 15) is 4.79 Å². The van der Waals surface area contributed by atoms with Crippen molar-refractivity contribution in [3.8, 4) is 0 Å². The van der Waals surface area contributed by atoms with Gasteiger partial charge in [0.1, 0.15) is 0 Å². The van der Waals surface area contributed by atoms with Crippen LogP contribution in [0.4, 0.5) is 0 Å². The molecule has 0 aromatic heterocycles. The maximum atomic E-state index is 11.4. The monoisotopic (exact) mass is 356 g/mol. The predicted octanol–water partition coefficient (Wildman–Crippen LogP) is -0.447. The Morgan fingerprint density at radius 2 is 1.21 bits per heavy atom. The average molecular weight is 356 g/mol. The maximum Gasteiger partial charge on any atom is 0.313 e. The van der Waals surface area contributed by atoms with Crippen molar-refractivity contribution in [3.63, 3.8) is 0 Å². The van der Waals surface area contributed by atoms with E-state index >= 15 is 0 Å². The lowest BCUT2D eigenvalue weighted by molar-refractivity contribution is -0.158. The van der Waals surface area contributed by atoms with Gasteiger partial charge in [-0.1, -0.05) is 20.8 Å². The topological polar surface area (TPSA) is 137 Å². The molecule has 0 rings (SSSR count). The van der Waals surface area contributed by atoms with Gasteiger partial charge in [0.2, 0.25) is 0 Å². The average Bonchev–Trinajstić information content (AvgIpc) is 2.53. The van der Waals surface area contributed by atoms with Crippen molar-refractivity contribution in [2.24, 2.45) is 10.8 Å². The standard InChI is InChI=1S/C10H20O3.C4H10O3.C2H6O2/c1-9(2,3)7-13-8(12)10(4,5)6-11;5-1-3-7-4-2-6;3-1-2-4/h11H,6-7H2,1-5H3;5-6H,1-4H2;3-4H,1-2H2. The van der Waals surface area contributed by atoms with Gasteiger partial charge in [0, 0.05) is 0 Å². The summed E-state index contributed by atoms with van der Waals surface area (Å²) >= 11 is 0. The number of aliphatic hydroxyl groups excluding tert-OH is 5. The van der Waals surface area contributed by atoms with E-state index in [1.165, 1.54) is 0 Å². The summed E-state index contributed by atoms with van der Waals surface area (Å²) in [4.78, 5) is 11.4. The Morgan fingerprint density at radius 3 is 1.46 bits per heavy atom. The molecular formula is C16H36O8. The van der Waals surface area contributed by atoms with Gasteiger partial charge in [0.15, 0.2) is 0 Å². The van der Waals surface area contributed by atoms with Crippen molar-refractivity contribution in [2.45, 2.75) is 34.6 Å². The minimum Gasteiger partial charge on any atom is -0.465 e. The fraction of sp³-hybridized carbons (Fsp3) is 0.938. The summed E-state index contributed by atoms with van der Waals surface area (Å²) in [6.45, 7) is 9.95. The van der Waals surface area contributed by atoms with E-state index < -0.39 is 5.41 Å². The second-order valence-electron chi connectivity index (χ2n) is 6.69. The van der Waals surface area contributed by atoms with Crippen LogP contribution in [0.25, 0.3) is 0 Å². The Hall–Kier alpha value is -0.770. The lowest BCUT2D eigenvalue weighted by atomic mass is 9.94. The summed E-state index contributed by atoms with van der Waals surface area (Å²) in [6, 6.07) is 0. The summed E-state index contributed by atoms with van der Waals surface area (Å²) in [5, 5.41) is 40.3. The molecule has 0 amide bonds. The van der Waals surface area contributed by atoms with Gasteiger partial charge >= 0.3 is 5.97 Å². The third kappa shape index (κ3) is 23.5. The van der Waals surface area contributed by atoms with Crippen molar-refractivity contribution < 1.29 is 39.8 Å². The van der Waals surface area contributed by atoms with Crippen LogP contribution in [0.2, 0.25) is 0 Å². The first-order valence-electron chi connectivity index (χ1n) is 7.81. The molecule has 0 bridgehead atoms. The van der Waals surface area contributed by atoms with Gasteiger partial charge < -0.3 is 35.0 Å². The van der Waals surface area contributed by atoms with Crippen molar-refractivity contribution in [1.29, 1.82) is 0 Å². The molecule has 0 saturated heterocycles. The third-order valence-electron chi connectivity index (χ3n) is 2.16. The van der Waals surface area contributed by atoms with Crippen molar-refractivity contribution in [1.82, 2.24) is 0 Å². The largest absolute Gasteiger partial charge is 0.465 e. The molecule has 0 heterocycles. The highest BCUT2D eigenvalue weighted by Gasteiger charge is 2.29. The molecule has 0 aliphatic carbocycles. The van der Waals surface area contributed by atoms with Crippen molar-refractivity contribution in [2.75, 3.05) is 52.9 Å². The lowest BCUT2D eigenvalue weighted by Crippen LogP contribution is -2.32. The normalized spacial score (nSPS) is 10.9. The Labute approximate surface area is 145 Å². The molecule has 0 aromatic rings. The van der Waals surface area contributed by atoms with E-state index in [0.29, 0.717) is 19.8 Å². The van der Waals surface area contributed by atoms with Crippen LogP contribution in [0.5, 0.6) is 0 Å². The highest BCUT2D eigenvalue weighted by atomic mass is 16.5. The van der Waals surface area contributed by atoms with E-state index in [1.54, 1.807) is 13.8 Å². The van der Waals surface area contributed by atoms with Crippen LogP contribution in [0.15, 0.2) is 0 Å². The Bertz CT molecular complexity index is 268. The molecule has 5 N–H and O–H groups in total. The summed E-state index contributed by atoms with van der Waals surface area (Å²) < 4.78 is 9.70. The summed E-state index contributed by atoms with van der Waals surface area (Å²) in [7, 11) is 0. The molecule has 0 aromatic carbocycles. The van der Waals surface area contributed by atoms with Gasteiger partial charge in [0.25, 0.3) is 0 Å². The first-order valence-corrected chi connectivity index (χ1v) is 7.81. The zero-order chi connectivity index (χ0) is 19.6. The van der Waals surface area contributed by atoms with Gasteiger partial charge in [-0.2, -0.15) is 0 Å². The number of rotatable bonds is 8. The van der Waals surface area contributed by atoms with Crippen molar-refractivity contribution in [3.05, 3.63) is 0 Å². The van der Waals surface area contributed by atoms with Crippen LogP contribution in [0.1, 0.15) is 34.6 Å². The van der Waals surface area contributed by atoms with E-state index in [4.69, 9.17) is 30.3 Å². The number of ether oxygens (including phenoxy) is 2. The van der Waals surface area contributed by atoms with E-state index in [-0.39, 0.29) is 44.4 Å². The molecule has 148 valence electrons. The molecule has 24 heavy (non-hydrogen) atoms. The molecular weight excluding hydrogens is 320 g/mol. The van der Waals surface area contributed by atoms with Gasteiger partial charge in [-0.3, -0.25) is 4.79 Å². The highest BCUT2D eigenvalue weighted by Crippen LogP contribution is 2.19. The smallest absolute Gasteiger partial charge is 0.313 e. The second kappa shape index (κ2) is 17.1.